The zero-order valence-corrected chi connectivity index (χ0v) is 19.4. The van der Waals surface area contributed by atoms with Crippen LogP contribution in [0, 0.1) is 11.3 Å². The molecule has 9 nitrogen and oxygen atoms in total. The van der Waals surface area contributed by atoms with Crippen LogP contribution in [0.1, 0.15) is 58.7 Å². The standard InChI is InChI=1S/C22H28N4O5S/c1-4-21(2,3)14-7-9-22(10-8-14)19(28)26(20(29)24-22)12-17(27)30-13-16-23-18(31-25-16)15-6-5-11-32-15/h5-6,11,14H,4,7-10,12-13H2,1-3H3,(H,24,29). The van der Waals surface area contributed by atoms with Crippen molar-refractivity contribution in [3.05, 3.63) is 23.3 Å². The van der Waals surface area contributed by atoms with Gasteiger partial charge in [-0.1, -0.05) is 38.4 Å². The van der Waals surface area contributed by atoms with Crippen molar-refractivity contribution in [2.45, 2.75) is 65.0 Å². The molecule has 2 aliphatic rings. The van der Waals surface area contributed by atoms with Crippen LogP contribution in [0.3, 0.4) is 0 Å². The lowest BCUT2D eigenvalue weighted by Crippen LogP contribution is -2.51. The number of carbonyl (C=O) groups excluding carboxylic acids is 3. The van der Waals surface area contributed by atoms with E-state index in [9.17, 15) is 14.4 Å². The Hall–Kier alpha value is -2.75. The Morgan fingerprint density at radius 1 is 1.38 bits per heavy atom. The topological polar surface area (TPSA) is 115 Å². The summed E-state index contributed by atoms with van der Waals surface area (Å²) in [5, 5.41) is 8.53. The molecule has 10 heteroatoms. The number of thiophene rings is 1. The normalized spacial score (nSPS) is 23.6. The van der Waals surface area contributed by atoms with Crippen LogP contribution < -0.4 is 5.32 Å². The number of nitrogens with one attached hydrogen (secondary N) is 1. The van der Waals surface area contributed by atoms with Gasteiger partial charge in [-0.3, -0.25) is 14.5 Å². The lowest BCUT2D eigenvalue weighted by Gasteiger charge is -2.42. The van der Waals surface area contributed by atoms with Gasteiger partial charge in [0.1, 0.15) is 12.1 Å². The highest BCUT2D eigenvalue weighted by Crippen LogP contribution is 2.45. The van der Waals surface area contributed by atoms with Crippen LogP contribution in [-0.2, 0) is 20.9 Å². The second-order valence-corrected chi connectivity index (χ2v) is 10.1. The molecule has 0 aromatic carbocycles. The molecule has 172 valence electrons. The summed E-state index contributed by atoms with van der Waals surface area (Å²) in [6.07, 6.45) is 3.99. The quantitative estimate of drug-likeness (QED) is 0.494. The maximum absolute atomic E-state index is 13.1. The van der Waals surface area contributed by atoms with E-state index in [1.54, 1.807) is 0 Å². The predicted octanol–water partition coefficient (Wildman–Crippen LogP) is 3.76. The molecule has 32 heavy (non-hydrogen) atoms. The van der Waals surface area contributed by atoms with E-state index in [0.717, 1.165) is 29.0 Å². The summed E-state index contributed by atoms with van der Waals surface area (Å²) >= 11 is 1.46. The number of esters is 1. The number of imide groups is 1. The number of ether oxygens (including phenoxy) is 1. The highest BCUT2D eigenvalue weighted by atomic mass is 32.1. The van der Waals surface area contributed by atoms with Gasteiger partial charge < -0.3 is 14.6 Å². The SMILES string of the molecule is CCC(C)(C)C1CCC2(CC1)NC(=O)N(CC(=O)OCc1noc(-c3cccs3)n1)C2=O. The second kappa shape index (κ2) is 8.65. The average Bonchev–Trinajstić information content (AvgIpc) is 3.51. The second-order valence-electron chi connectivity index (χ2n) is 9.17. The molecule has 1 aliphatic carbocycles. The van der Waals surface area contributed by atoms with Crippen LogP contribution in [0.4, 0.5) is 4.79 Å². The third-order valence-corrected chi connectivity index (χ3v) is 7.81. The van der Waals surface area contributed by atoms with Gasteiger partial charge in [-0.15, -0.1) is 11.3 Å². The number of urea groups is 1. The number of hydrogen-bond acceptors (Lipinski definition) is 8. The van der Waals surface area contributed by atoms with Crippen LogP contribution in [-0.4, -0.2) is 45.0 Å². The molecule has 2 fully saturated rings. The highest BCUT2D eigenvalue weighted by molar-refractivity contribution is 7.13. The lowest BCUT2D eigenvalue weighted by atomic mass is 9.65. The van der Waals surface area contributed by atoms with E-state index >= 15 is 0 Å². The van der Waals surface area contributed by atoms with Crippen molar-refractivity contribution in [3.63, 3.8) is 0 Å². The van der Waals surface area contributed by atoms with Crippen LogP contribution in [0.2, 0.25) is 0 Å². The molecular weight excluding hydrogens is 432 g/mol. The minimum absolute atomic E-state index is 0.198. The molecule has 2 aromatic rings. The van der Waals surface area contributed by atoms with Gasteiger partial charge in [0, 0.05) is 0 Å². The predicted molar refractivity (Wildman–Crippen MR) is 116 cm³/mol. The number of hydrogen-bond donors (Lipinski definition) is 1. The zero-order valence-electron chi connectivity index (χ0n) is 18.6. The van der Waals surface area contributed by atoms with Gasteiger partial charge in [0.25, 0.3) is 11.8 Å². The highest BCUT2D eigenvalue weighted by Gasteiger charge is 2.53. The number of nitrogens with zero attached hydrogens (tertiary/aromatic N) is 3. The Kier molecular flexibility index (Phi) is 6.07. The van der Waals surface area contributed by atoms with Crippen molar-refractivity contribution < 1.29 is 23.6 Å². The smallest absolute Gasteiger partial charge is 0.326 e. The van der Waals surface area contributed by atoms with E-state index in [-0.39, 0.29) is 23.8 Å². The van der Waals surface area contributed by atoms with Crippen molar-refractivity contribution in [1.82, 2.24) is 20.4 Å². The molecule has 0 bridgehead atoms. The van der Waals surface area contributed by atoms with Gasteiger partial charge in [0.15, 0.2) is 6.61 Å². The number of carbonyl (C=O) groups is 3. The van der Waals surface area contributed by atoms with Gasteiger partial charge in [0.2, 0.25) is 5.82 Å². The molecule has 0 atom stereocenters. The first kappa shape index (κ1) is 22.4. The Bertz CT molecular complexity index is 992. The molecule has 1 aliphatic heterocycles. The number of rotatable bonds is 7. The lowest BCUT2D eigenvalue weighted by molar-refractivity contribution is -0.149. The summed E-state index contributed by atoms with van der Waals surface area (Å²) in [7, 11) is 0. The fourth-order valence-corrected chi connectivity index (χ4v) is 5.12. The van der Waals surface area contributed by atoms with Gasteiger partial charge in [-0.2, -0.15) is 4.98 Å². The van der Waals surface area contributed by atoms with Crippen LogP contribution in [0.5, 0.6) is 0 Å². The molecule has 3 amide bonds. The van der Waals surface area contributed by atoms with Crippen molar-refractivity contribution in [1.29, 1.82) is 0 Å². The van der Waals surface area contributed by atoms with Gasteiger partial charge in [0.05, 0.1) is 4.88 Å². The molecule has 3 heterocycles. The molecule has 0 radical (unpaired) electrons. The maximum Gasteiger partial charge on any atom is 0.326 e. The van der Waals surface area contributed by atoms with Crippen molar-refractivity contribution in [2.24, 2.45) is 11.3 Å². The molecule has 2 aromatic heterocycles. The fraction of sp³-hybridized carbons (Fsp3) is 0.591. The molecule has 4 rings (SSSR count). The first-order valence-electron chi connectivity index (χ1n) is 10.9. The van der Waals surface area contributed by atoms with E-state index in [4.69, 9.17) is 9.26 Å². The van der Waals surface area contributed by atoms with E-state index in [1.807, 2.05) is 17.5 Å². The molecule has 1 N–H and O–H groups in total. The van der Waals surface area contributed by atoms with Crippen LogP contribution >= 0.6 is 11.3 Å². The summed E-state index contributed by atoms with van der Waals surface area (Å²) in [4.78, 5) is 43.8. The maximum atomic E-state index is 13.1. The largest absolute Gasteiger partial charge is 0.456 e. The monoisotopic (exact) mass is 460 g/mol. The average molecular weight is 461 g/mol. The third kappa shape index (κ3) is 4.28. The Balaban J connectivity index is 1.31. The van der Waals surface area contributed by atoms with Gasteiger partial charge >= 0.3 is 12.0 Å². The van der Waals surface area contributed by atoms with E-state index in [2.05, 4.69) is 36.2 Å². The first-order chi connectivity index (χ1) is 15.2. The fourth-order valence-electron chi connectivity index (χ4n) is 4.47. The minimum Gasteiger partial charge on any atom is -0.456 e. The summed E-state index contributed by atoms with van der Waals surface area (Å²) in [6, 6.07) is 3.17. The van der Waals surface area contributed by atoms with Gasteiger partial charge in [-0.25, -0.2) is 4.79 Å². The Labute approximate surface area is 190 Å². The minimum atomic E-state index is -0.902. The van der Waals surface area contributed by atoms with Gasteiger partial charge in [-0.05, 0) is 48.5 Å². The molecule has 1 spiro atoms. The molecule has 1 saturated heterocycles. The van der Waals surface area contributed by atoms with Crippen molar-refractivity contribution >= 4 is 29.2 Å². The zero-order chi connectivity index (χ0) is 22.9. The molecular formula is C22H28N4O5S. The van der Waals surface area contributed by atoms with E-state index in [0.29, 0.717) is 24.7 Å². The van der Waals surface area contributed by atoms with Crippen LogP contribution in [0.15, 0.2) is 22.0 Å². The third-order valence-electron chi connectivity index (χ3n) is 6.95. The molecule has 1 saturated carbocycles. The number of amides is 3. The van der Waals surface area contributed by atoms with E-state index < -0.39 is 24.1 Å². The first-order valence-corrected chi connectivity index (χ1v) is 11.8. The Morgan fingerprint density at radius 3 is 2.78 bits per heavy atom. The van der Waals surface area contributed by atoms with E-state index in [1.165, 1.54) is 11.3 Å². The summed E-state index contributed by atoms with van der Waals surface area (Å²) < 4.78 is 10.3. The van der Waals surface area contributed by atoms with Crippen molar-refractivity contribution in [3.8, 4) is 10.8 Å². The Morgan fingerprint density at radius 2 is 2.12 bits per heavy atom. The number of aromatic nitrogens is 2. The van der Waals surface area contributed by atoms with Crippen molar-refractivity contribution in [2.75, 3.05) is 6.54 Å². The summed E-state index contributed by atoms with van der Waals surface area (Å²) in [5.41, 5.74) is -0.698. The van der Waals surface area contributed by atoms with Crippen LogP contribution in [0.25, 0.3) is 10.8 Å². The summed E-state index contributed by atoms with van der Waals surface area (Å²) in [6.45, 7) is 6.04. The summed E-state index contributed by atoms with van der Waals surface area (Å²) in [5.74, 6) is 0.0349. The molecule has 0 unspecified atom stereocenters.